The van der Waals surface area contributed by atoms with Crippen LogP contribution < -0.4 is 5.73 Å². The second kappa shape index (κ2) is 4.93. The third-order valence-corrected chi connectivity index (χ3v) is 3.26. The second-order valence-corrected chi connectivity index (χ2v) is 4.75. The van der Waals surface area contributed by atoms with Crippen LogP contribution in [0.15, 0.2) is 0 Å². The van der Waals surface area contributed by atoms with E-state index < -0.39 is 29.0 Å². The Morgan fingerprint density at radius 3 is 1.94 bits per heavy atom. The third-order valence-electron chi connectivity index (χ3n) is 3.26. The summed E-state index contributed by atoms with van der Waals surface area (Å²) in [6.07, 6.45) is 3.31. The summed E-state index contributed by atoms with van der Waals surface area (Å²) in [6.45, 7) is 0.798. The fourth-order valence-electron chi connectivity index (χ4n) is 1.81. The lowest BCUT2D eigenvalue weighted by Gasteiger charge is -2.34. The number of esters is 1. The molecule has 4 N–H and O–H groups in total. The van der Waals surface area contributed by atoms with Crippen molar-refractivity contribution in [2.45, 2.75) is 44.8 Å². The maximum atomic E-state index is 11.8. The van der Waals surface area contributed by atoms with Crippen LogP contribution in [0.2, 0.25) is 0 Å². The molecular weight excluding hydrogens is 242 g/mol. The number of carboxylic acid groups (broad SMARTS) is 2. The Balaban J connectivity index is 2.86. The maximum Gasteiger partial charge on any atom is 0.336 e. The first-order chi connectivity index (χ1) is 8.22. The summed E-state index contributed by atoms with van der Waals surface area (Å²) in [4.78, 5) is 33.6. The molecule has 0 spiro atoms. The van der Waals surface area contributed by atoms with Crippen LogP contribution in [0, 0.1) is 5.41 Å². The summed E-state index contributed by atoms with van der Waals surface area (Å²) in [6, 6.07) is 0. The van der Waals surface area contributed by atoms with Crippen LogP contribution in [0.5, 0.6) is 0 Å². The van der Waals surface area contributed by atoms with Gasteiger partial charge >= 0.3 is 17.9 Å². The van der Waals surface area contributed by atoms with Crippen molar-refractivity contribution in [1.29, 1.82) is 0 Å². The number of nitrogens with two attached hydrogens (primary N) is 1. The minimum absolute atomic E-state index is 0.411. The molecule has 1 aliphatic rings. The minimum atomic E-state index is -2.62. The van der Waals surface area contributed by atoms with E-state index in [1.807, 2.05) is 0 Å². The van der Waals surface area contributed by atoms with E-state index >= 15 is 0 Å². The Morgan fingerprint density at radius 2 is 1.56 bits per heavy atom. The molecular formula is C11H17NO6. The van der Waals surface area contributed by atoms with E-state index in [4.69, 9.17) is 20.7 Å². The first kappa shape index (κ1) is 14.4. The number of hydrogen-bond acceptors (Lipinski definition) is 5. The number of carbonyl (C=O) groups is 3. The molecule has 0 radical (unpaired) electrons. The average Bonchev–Trinajstić information content (AvgIpc) is 2.27. The molecule has 7 nitrogen and oxygen atoms in total. The molecule has 0 aromatic carbocycles. The van der Waals surface area contributed by atoms with Crippen LogP contribution in [0.1, 0.15) is 39.0 Å². The SMILES string of the molecule is CC(C(=O)O)(C(=O)O)C(=O)OC1(N)CCCCC1. The smallest absolute Gasteiger partial charge is 0.336 e. The highest BCUT2D eigenvalue weighted by atomic mass is 16.6. The third kappa shape index (κ3) is 2.61. The Kier molecular flexibility index (Phi) is 3.95. The van der Waals surface area contributed by atoms with Crippen molar-refractivity contribution in [1.82, 2.24) is 0 Å². The molecule has 1 aliphatic carbocycles. The van der Waals surface area contributed by atoms with Crippen LogP contribution >= 0.6 is 0 Å². The van der Waals surface area contributed by atoms with E-state index in [0.29, 0.717) is 12.8 Å². The Morgan fingerprint density at radius 1 is 1.11 bits per heavy atom. The number of ether oxygens (including phenoxy) is 1. The van der Waals surface area contributed by atoms with E-state index in [-0.39, 0.29) is 0 Å². The first-order valence-electron chi connectivity index (χ1n) is 5.71. The quantitative estimate of drug-likeness (QED) is 0.377. The van der Waals surface area contributed by atoms with Gasteiger partial charge in [-0.2, -0.15) is 0 Å². The van der Waals surface area contributed by atoms with Crippen molar-refractivity contribution in [3.05, 3.63) is 0 Å². The molecule has 0 atom stereocenters. The highest BCUT2D eigenvalue weighted by Gasteiger charge is 2.53. The van der Waals surface area contributed by atoms with Crippen molar-refractivity contribution in [2.75, 3.05) is 0 Å². The summed E-state index contributed by atoms with van der Waals surface area (Å²) in [5.74, 6) is -4.86. The zero-order chi connectivity index (χ0) is 14.0. The number of hydrogen-bond donors (Lipinski definition) is 3. The van der Waals surface area contributed by atoms with Crippen molar-refractivity contribution in [2.24, 2.45) is 11.1 Å². The molecule has 0 unspecified atom stereocenters. The molecule has 0 saturated heterocycles. The molecule has 1 fully saturated rings. The average molecular weight is 259 g/mol. The number of rotatable bonds is 4. The van der Waals surface area contributed by atoms with Gasteiger partial charge in [0.15, 0.2) is 5.72 Å². The molecule has 0 amide bonds. The molecule has 0 heterocycles. The molecule has 1 saturated carbocycles. The molecule has 0 aliphatic heterocycles. The van der Waals surface area contributed by atoms with Crippen LogP contribution in [-0.4, -0.2) is 33.8 Å². The minimum Gasteiger partial charge on any atom is -0.480 e. The van der Waals surface area contributed by atoms with Gasteiger partial charge in [0.1, 0.15) is 0 Å². The number of carboxylic acids is 2. The standard InChI is InChI=1S/C11H17NO6/c1-10(7(13)14,8(15)16)9(17)18-11(12)5-3-2-4-6-11/h2-6,12H2,1H3,(H,13,14)(H,15,16). The van der Waals surface area contributed by atoms with Gasteiger partial charge in [-0.3, -0.25) is 20.1 Å². The molecule has 7 heteroatoms. The van der Waals surface area contributed by atoms with E-state index in [1.165, 1.54) is 0 Å². The highest BCUT2D eigenvalue weighted by Crippen LogP contribution is 2.30. The van der Waals surface area contributed by atoms with Gasteiger partial charge in [0.05, 0.1) is 0 Å². The highest BCUT2D eigenvalue weighted by molar-refractivity contribution is 6.16. The van der Waals surface area contributed by atoms with Gasteiger partial charge in [0.2, 0.25) is 0 Å². The predicted octanol–water partition coefficient (Wildman–Crippen LogP) is 0.324. The second-order valence-electron chi connectivity index (χ2n) is 4.75. The zero-order valence-corrected chi connectivity index (χ0v) is 10.1. The van der Waals surface area contributed by atoms with Crippen LogP contribution in [-0.2, 0) is 19.1 Å². The van der Waals surface area contributed by atoms with Gasteiger partial charge in [0, 0.05) is 12.8 Å². The lowest BCUT2D eigenvalue weighted by Crippen LogP contribution is -2.53. The largest absolute Gasteiger partial charge is 0.480 e. The summed E-state index contributed by atoms with van der Waals surface area (Å²) in [5, 5.41) is 17.7. The van der Waals surface area contributed by atoms with Crippen molar-refractivity contribution >= 4 is 17.9 Å². The van der Waals surface area contributed by atoms with Gasteiger partial charge in [-0.25, -0.2) is 0 Å². The van der Waals surface area contributed by atoms with E-state index in [9.17, 15) is 14.4 Å². The van der Waals surface area contributed by atoms with Crippen LogP contribution in [0.4, 0.5) is 0 Å². The first-order valence-corrected chi connectivity index (χ1v) is 5.71. The normalized spacial score (nSPS) is 19.0. The Bertz CT molecular complexity index is 358. The van der Waals surface area contributed by atoms with E-state index in [1.54, 1.807) is 0 Å². The molecule has 0 bridgehead atoms. The molecule has 0 aromatic heterocycles. The Hall–Kier alpha value is -1.63. The maximum absolute atomic E-state index is 11.8. The van der Waals surface area contributed by atoms with E-state index in [2.05, 4.69) is 0 Å². The summed E-state index contributed by atoms with van der Waals surface area (Å²) in [7, 11) is 0. The monoisotopic (exact) mass is 259 g/mol. The summed E-state index contributed by atoms with van der Waals surface area (Å²) < 4.78 is 4.94. The molecule has 1 rings (SSSR count). The zero-order valence-electron chi connectivity index (χ0n) is 10.1. The van der Waals surface area contributed by atoms with Gasteiger partial charge in [-0.15, -0.1) is 0 Å². The van der Waals surface area contributed by atoms with Gasteiger partial charge in [-0.1, -0.05) is 6.42 Å². The lowest BCUT2D eigenvalue weighted by atomic mass is 9.89. The van der Waals surface area contributed by atoms with Gasteiger partial charge < -0.3 is 14.9 Å². The molecule has 102 valence electrons. The van der Waals surface area contributed by atoms with Crippen molar-refractivity contribution in [3.63, 3.8) is 0 Å². The van der Waals surface area contributed by atoms with Gasteiger partial charge in [-0.05, 0) is 19.8 Å². The summed E-state index contributed by atoms with van der Waals surface area (Å²) >= 11 is 0. The predicted molar refractivity (Wildman–Crippen MR) is 59.5 cm³/mol. The van der Waals surface area contributed by atoms with Crippen molar-refractivity contribution in [3.8, 4) is 0 Å². The van der Waals surface area contributed by atoms with Crippen LogP contribution in [0.3, 0.4) is 0 Å². The van der Waals surface area contributed by atoms with Crippen molar-refractivity contribution < 1.29 is 29.3 Å². The number of aliphatic carboxylic acids is 2. The molecule has 0 aromatic rings. The fraction of sp³-hybridized carbons (Fsp3) is 0.727. The van der Waals surface area contributed by atoms with Gasteiger partial charge in [0.25, 0.3) is 5.41 Å². The molecule has 18 heavy (non-hydrogen) atoms. The number of carbonyl (C=O) groups excluding carboxylic acids is 1. The topological polar surface area (TPSA) is 127 Å². The Labute approximate surface area is 104 Å². The van der Waals surface area contributed by atoms with Crippen LogP contribution in [0.25, 0.3) is 0 Å². The summed E-state index contributed by atoms with van der Waals surface area (Å²) in [5.41, 5.74) is 1.96. The lowest BCUT2D eigenvalue weighted by molar-refractivity contribution is -0.187. The fourth-order valence-corrected chi connectivity index (χ4v) is 1.81. The van der Waals surface area contributed by atoms with E-state index in [0.717, 1.165) is 26.2 Å².